The first-order valence-corrected chi connectivity index (χ1v) is 7.44. The zero-order valence-corrected chi connectivity index (χ0v) is 13.1. The third-order valence-corrected chi connectivity index (χ3v) is 4.04. The second-order valence-electron chi connectivity index (χ2n) is 5.42. The van der Waals surface area contributed by atoms with Crippen LogP contribution in [0.3, 0.4) is 0 Å². The summed E-state index contributed by atoms with van der Waals surface area (Å²) in [4.78, 5) is 2.00. The number of hydrogen-bond acceptors (Lipinski definition) is 2. The van der Waals surface area contributed by atoms with Crippen LogP contribution in [0, 0.1) is 0 Å². The average molecular weight is 351 g/mol. The molecule has 2 rings (SSSR count). The highest BCUT2D eigenvalue weighted by molar-refractivity contribution is 9.10. The lowest BCUT2D eigenvalue weighted by Gasteiger charge is -2.22. The van der Waals surface area contributed by atoms with Crippen molar-refractivity contribution in [1.82, 2.24) is 5.32 Å². The largest absolute Gasteiger partial charge is 0.416 e. The number of halogens is 4. The quantitative estimate of drug-likeness (QED) is 0.884. The number of rotatable bonds is 3. The Morgan fingerprint density at radius 2 is 2.05 bits per heavy atom. The van der Waals surface area contributed by atoms with E-state index in [1.54, 1.807) is 0 Å². The van der Waals surface area contributed by atoms with E-state index in [1.165, 1.54) is 12.1 Å². The minimum Gasteiger partial charge on any atom is -0.369 e. The number of alkyl halides is 3. The molecule has 1 aromatic carbocycles. The second kappa shape index (κ2) is 5.93. The number of hydrogen-bond donors (Lipinski definition) is 1. The van der Waals surface area contributed by atoms with Gasteiger partial charge in [0.2, 0.25) is 0 Å². The van der Waals surface area contributed by atoms with Crippen LogP contribution >= 0.6 is 15.9 Å². The summed E-state index contributed by atoms with van der Waals surface area (Å²) in [6, 6.07) is 4.51. The molecule has 0 bridgehead atoms. The molecule has 2 nitrogen and oxygen atoms in total. The molecule has 1 aliphatic rings. The Hall–Kier alpha value is -0.750. The molecule has 0 aliphatic carbocycles. The van der Waals surface area contributed by atoms with E-state index in [0.29, 0.717) is 22.2 Å². The zero-order valence-electron chi connectivity index (χ0n) is 11.5. The number of nitrogens with one attached hydrogen (secondary N) is 1. The van der Waals surface area contributed by atoms with Crippen LogP contribution in [0.4, 0.5) is 18.9 Å². The summed E-state index contributed by atoms with van der Waals surface area (Å²) in [6.07, 6.45) is -3.36. The van der Waals surface area contributed by atoms with E-state index in [4.69, 9.17) is 0 Å². The van der Waals surface area contributed by atoms with E-state index >= 15 is 0 Å². The van der Waals surface area contributed by atoms with Crippen molar-refractivity contribution >= 4 is 21.6 Å². The summed E-state index contributed by atoms with van der Waals surface area (Å²) < 4.78 is 39.1. The summed E-state index contributed by atoms with van der Waals surface area (Å²) in [5.74, 6) is 0. The van der Waals surface area contributed by atoms with E-state index in [1.807, 2.05) is 4.90 Å². The van der Waals surface area contributed by atoms with Crippen LogP contribution < -0.4 is 10.2 Å². The molecule has 112 valence electrons. The molecule has 1 aromatic rings. The van der Waals surface area contributed by atoms with Crippen LogP contribution in [0.25, 0.3) is 0 Å². The summed E-state index contributed by atoms with van der Waals surface area (Å²) in [5.41, 5.74) is 0.0175. The van der Waals surface area contributed by atoms with Gasteiger partial charge in [-0.2, -0.15) is 13.2 Å². The summed E-state index contributed by atoms with van der Waals surface area (Å²) in [5, 5.41) is 3.43. The van der Waals surface area contributed by atoms with Crippen molar-refractivity contribution in [2.24, 2.45) is 0 Å². The van der Waals surface area contributed by atoms with E-state index < -0.39 is 11.7 Å². The maximum absolute atomic E-state index is 12.8. The molecule has 0 spiro atoms. The smallest absolute Gasteiger partial charge is 0.369 e. The van der Waals surface area contributed by atoms with Gasteiger partial charge in [-0.25, -0.2) is 0 Å². The third kappa shape index (κ3) is 3.67. The molecular formula is C14H18BrF3N2. The lowest BCUT2D eigenvalue weighted by Crippen LogP contribution is -2.37. The molecule has 1 fully saturated rings. The van der Waals surface area contributed by atoms with E-state index in [0.717, 1.165) is 25.6 Å². The lowest BCUT2D eigenvalue weighted by molar-refractivity contribution is -0.137. The van der Waals surface area contributed by atoms with Crippen LogP contribution in [0.2, 0.25) is 0 Å². The van der Waals surface area contributed by atoms with Gasteiger partial charge in [0.15, 0.2) is 0 Å². The lowest BCUT2D eigenvalue weighted by atomic mass is 10.2. The maximum Gasteiger partial charge on any atom is 0.416 e. The summed E-state index contributed by atoms with van der Waals surface area (Å²) in [7, 11) is 0. The normalized spacial score (nSPS) is 19.9. The topological polar surface area (TPSA) is 15.3 Å². The molecule has 1 saturated heterocycles. The van der Waals surface area contributed by atoms with Gasteiger partial charge in [-0.05, 0) is 40.5 Å². The number of benzene rings is 1. The van der Waals surface area contributed by atoms with Gasteiger partial charge < -0.3 is 10.2 Å². The van der Waals surface area contributed by atoms with Gasteiger partial charge >= 0.3 is 6.18 Å². The Bertz CT molecular complexity index is 474. The van der Waals surface area contributed by atoms with Crippen molar-refractivity contribution in [3.8, 4) is 0 Å². The monoisotopic (exact) mass is 350 g/mol. The summed E-state index contributed by atoms with van der Waals surface area (Å²) in [6.45, 7) is 5.65. The molecule has 1 heterocycles. The van der Waals surface area contributed by atoms with Gasteiger partial charge in [0, 0.05) is 29.6 Å². The Morgan fingerprint density at radius 1 is 1.35 bits per heavy atom. The minimum absolute atomic E-state index is 0.330. The Morgan fingerprint density at radius 3 is 2.65 bits per heavy atom. The van der Waals surface area contributed by atoms with Gasteiger partial charge in [-0.3, -0.25) is 0 Å². The van der Waals surface area contributed by atoms with Gasteiger partial charge in [0.25, 0.3) is 0 Å². The molecule has 1 aliphatic heterocycles. The van der Waals surface area contributed by atoms with Gasteiger partial charge in [0.1, 0.15) is 0 Å². The van der Waals surface area contributed by atoms with Crippen LogP contribution in [0.5, 0.6) is 0 Å². The van der Waals surface area contributed by atoms with E-state index in [-0.39, 0.29) is 0 Å². The van der Waals surface area contributed by atoms with Crippen LogP contribution in [-0.2, 0) is 6.18 Å². The predicted octanol–water partition coefficient (Wildman–Crippen LogP) is 4.04. The van der Waals surface area contributed by atoms with Crippen molar-refractivity contribution < 1.29 is 13.2 Å². The molecular weight excluding hydrogens is 333 g/mol. The highest BCUT2D eigenvalue weighted by Gasteiger charge is 2.32. The highest BCUT2D eigenvalue weighted by atomic mass is 79.9. The molecule has 0 radical (unpaired) electrons. The molecule has 0 amide bonds. The SMILES string of the molecule is CC(C)NC1CCN(c2cc(C(F)(F)F)ccc2Br)C1. The van der Waals surface area contributed by atoms with E-state index in [9.17, 15) is 13.2 Å². The van der Waals surface area contributed by atoms with Crippen molar-refractivity contribution in [1.29, 1.82) is 0 Å². The molecule has 1 unspecified atom stereocenters. The third-order valence-electron chi connectivity index (χ3n) is 3.37. The Labute approximate surface area is 125 Å². The first-order valence-electron chi connectivity index (χ1n) is 6.65. The Kier molecular flexibility index (Phi) is 4.64. The van der Waals surface area contributed by atoms with Gasteiger partial charge in [0.05, 0.1) is 11.3 Å². The molecule has 0 saturated carbocycles. The second-order valence-corrected chi connectivity index (χ2v) is 6.27. The van der Waals surface area contributed by atoms with E-state index in [2.05, 4.69) is 35.1 Å². The van der Waals surface area contributed by atoms with Crippen LogP contribution in [-0.4, -0.2) is 25.2 Å². The first kappa shape index (κ1) is 15.6. The predicted molar refractivity (Wildman–Crippen MR) is 78.0 cm³/mol. The van der Waals surface area contributed by atoms with Crippen LogP contribution in [0.1, 0.15) is 25.8 Å². The fourth-order valence-electron chi connectivity index (χ4n) is 2.52. The fourth-order valence-corrected chi connectivity index (χ4v) is 3.02. The summed E-state index contributed by atoms with van der Waals surface area (Å²) >= 11 is 3.35. The molecule has 20 heavy (non-hydrogen) atoms. The number of nitrogens with zero attached hydrogens (tertiary/aromatic N) is 1. The Balaban J connectivity index is 2.17. The fraction of sp³-hybridized carbons (Fsp3) is 0.571. The van der Waals surface area contributed by atoms with Crippen molar-refractivity contribution in [3.63, 3.8) is 0 Å². The number of anilines is 1. The van der Waals surface area contributed by atoms with Gasteiger partial charge in [-0.1, -0.05) is 13.8 Å². The average Bonchev–Trinajstić information content (AvgIpc) is 2.75. The maximum atomic E-state index is 12.8. The standard InChI is InChI=1S/C14H18BrF3N2/c1-9(2)19-11-5-6-20(8-11)13-7-10(14(16,17)18)3-4-12(13)15/h3-4,7,9,11,19H,5-6,8H2,1-2H3. The van der Waals surface area contributed by atoms with Crippen molar-refractivity contribution in [2.45, 2.75) is 38.5 Å². The zero-order chi connectivity index (χ0) is 14.9. The highest BCUT2D eigenvalue weighted by Crippen LogP contribution is 2.36. The van der Waals surface area contributed by atoms with Crippen molar-refractivity contribution in [2.75, 3.05) is 18.0 Å². The molecule has 6 heteroatoms. The molecule has 1 N–H and O–H groups in total. The minimum atomic E-state index is -4.30. The molecule has 0 aromatic heterocycles. The van der Waals surface area contributed by atoms with Gasteiger partial charge in [-0.15, -0.1) is 0 Å². The molecule has 1 atom stereocenters. The van der Waals surface area contributed by atoms with Crippen molar-refractivity contribution in [3.05, 3.63) is 28.2 Å². The first-order chi connectivity index (χ1) is 9.27. The van der Waals surface area contributed by atoms with Crippen LogP contribution in [0.15, 0.2) is 22.7 Å².